The van der Waals surface area contributed by atoms with E-state index in [9.17, 15) is 4.79 Å². The van der Waals surface area contributed by atoms with Crippen LogP contribution in [-0.4, -0.2) is 18.6 Å². The molecule has 1 aromatic rings. The van der Waals surface area contributed by atoms with E-state index in [0.717, 1.165) is 11.3 Å². The van der Waals surface area contributed by atoms with E-state index >= 15 is 0 Å². The number of nitrogens with one attached hydrogen (secondary N) is 1. The molecule has 0 saturated carbocycles. The lowest BCUT2D eigenvalue weighted by atomic mass is 10.2. The van der Waals surface area contributed by atoms with Crippen molar-refractivity contribution in [2.45, 2.75) is 40.7 Å². The molecule has 1 rings (SSSR count). The fraction of sp³-hybridized carbons (Fsp3) is 0.500. The Balaban J connectivity index is 0.00000137. The van der Waals surface area contributed by atoms with Gasteiger partial charge in [-0.2, -0.15) is 0 Å². The zero-order valence-corrected chi connectivity index (χ0v) is 12.5. The molecule has 0 fully saturated rings. The van der Waals surface area contributed by atoms with Crippen molar-refractivity contribution in [3.8, 4) is 0 Å². The number of carbonyl (C=O) groups excluding carboxylic acids is 1. The van der Waals surface area contributed by atoms with Crippen LogP contribution >= 0.6 is 11.6 Å². The van der Waals surface area contributed by atoms with Crippen LogP contribution in [-0.2, 0) is 9.53 Å². The van der Waals surface area contributed by atoms with E-state index in [1.165, 1.54) is 0 Å². The third-order valence-electron chi connectivity index (χ3n) is 2.20. The summed E-state index contributed by atoms with van der Waals surface area (Å²) in [7, 11) is 0. The molecule has 1 atom stereocenters. The second-order valence-corrected chi connectivity index (χ2v) is 4.01. The highest BCUT2D eigenvalue weighted by Crippen LogP contribution is 2.20. The average Bonchev–Trinajstić information content (AvgIpc) is 2.35. The number of hydrogen-bond acceptors (Lipinski definition) is 3. The van der Waals surface area contributed by atoms with E-state index in [0.29, 0.717) is 11.6 Å². The fourth-order valence-electron chi connectivity index (χ4n) is 1.35. The molecule has 0 aliphatic heterocycles. The number of anilines is 1. The van der Waals surface area contributed by atoms with Crippen molar-refractivity contribution in [1.82, 2.24) is 0 Å². The van der Waals surface area contributed by atoms with Crippen LogP contribution in [0.1, 0.15) is 33.3 Å². The summed E-state index contributed by atoms with van der Waals surface area (Å²) in [5.74, 6) is -0.253. The van der Waals surface area contributed by atoms with Gasteiger partial charge in [-0.05, 0) is 44.5 Å². The topological polar surface area (TPSA) is 38.3 Å². The molecule has 1 aromatic carbocycles. The maximum atomic E-state index is 11.4. The van der Waals surface area contributed by atoms with Gasteiger partial charge in [-0.15, -0.1) is 0 Å². The largest absolute Gasteiger partial charge is 0.464 e. The molecule has 1 N–H and O–H groups in total. The predicted octanol–water partition coefficient (Wildman–Crippen LogP) is 4.04. The zero-order valence-electron chi connectivity index (χ0n) is 11.7. The molecule has 0 spiro atoms. The van der Waals surface area contributed by atoms with Crippen LogP contribution in [0.2, 0.25) is 5.02 Å². The SMILES string of the molecule is CC.CCOC(=O)C(C)Nc1ccc(Cl)cc1C. The molecule has 0 aliphatic rings. The summed E-state index contributed by atoms with van der Waals surface area (Å²) in [5.41, 5.74) is 1.90. The summed E-state index contributed by atoms with van der Waals surface area (Å²) in [5, 5.41) is 3.78. The molecular weight excluding hydrogens is 250 g/mol. The van der Waals surface area contributed by atoms with Gasteiger partial charge < -0.3 is 10.1 Å². The molecule has 0 bridgehead atoms. The number of aryl methyl sites for hydroxylation is 1. The molecule has 4 heteroatoms. The van der Waals surface area contributed by atoms with Crippen molar-refractivity contribution in [1.29, 1.82) is 0 Å². The van der Waals surface area contributed by atoms with E-state index < -0.39 is 0 Å². The van der Waals surface area contributed by atoms with E-state index in [1.54, 1.807) is 19.9 Å². The molecule has 3 nitrogen and oxygen atoms in total. The lowest BCUT2D eigenvalue weighted by Gasteiger charge is -2.15. The van der Waals surface area contributed by atoms with E-state index in [2.05, 4.69) is 5.32 Å². The van der Waals surface area contributed by atoms with Gasteiger partial charge >= 0.3 is 5.97 Å². The summed E-state index contributed by atoms with van der Waals surface area (Å²) >= 11 is 5.85. The van der Waals surface area contributed by atoms with E-state index in [4.69, 9.17) is 16.3 Å². The number of halogens is 1. The van der Waals surface area contributed by atoms with Gasteiger partial charge in [-0.1, -0.05) is 25.4 Å². The first-order valence-electron chi connectivity index (χ1n) is 6.24. The van der Waals surface area contributed by atoms with E-state index in [-0.39, 0.29) is 12.0 Å². The number of esters is 1. The Hall–Kier alpha value is -1.22. The average molecular weight is 272 g/mol. The Kier molecular flexibility index (Phi) is 8.21. The van der Waals surface area contributed by atoms with Gasteiger partial charge in [0, 0.05) is 10.7 Å². The Bertz CT molecular complexity index is 380. The van der Waals surface area contributed by atoms with Crippen molar-refractivity contribution < 1.29 is 9.53 Å². The zero-order chi connectivity index (χ0) is 14.1. The minimum atomic E-state index is -0.361. The van der Waals surface area contributed by atoms with Gasteiger partial charge in [0.15, 0.2) is 0 Å². The summed E-state index contributed by atoms with van der Waals surface area (Å²) in [6.45, 7) is 9.89. The summed E-state index contributed by atoms with van der Waals surface area (Å²) in [4.78, 5) is 11.4. The van der Waals surface area contributed by atoms with Crippen molar-refractivity contribution in [3.05, 3.63) is 28.8 Å². The maximum absolute atomic E-state index is 11.4. The molecule has 0 saturated heterocycles. The third-order valence-corrected chi connectivity index (χ3v) is 2.44. The van der Waals surface area contributed by atoms with Gasteiger partial charge in [-0.3, -0.25) is 0 Å². The lowest BCUT2D eigenvalue weighted by molar-refractivity contribution is -0.143. The van der Waals surface area contributed by atoms with Crippen molar-refractivity contribution in [2.24, 2.45) is 0 Å². The number of ether oxygens (including phenoxy) is 1. The Morgan fingerprint density at radius 1 is 1.44 bits per heavy atom. The van der Waals surface area contributed by atoms with Crippen LogP contribution in [0.3, 0.4) is 0 Å². The quantitative estimate of drug-likeness (QED) is 0.840. The molecule has 0 aromatic heterocycles. The van der Waals surface area contributed by atoms with Crippen LogP contribution in [0, 0.1) is 6.92 Å². The van der Waals surface area contributed by atoms with Crippen molar-refractivity contribution in [2.75, 3.05) is 11.9 Å². The molecule has 0 amide bonds. The molecule has 0 aliphatic carbocycles. The highest BCUT2D eigenvalue weighted by Gasteiger charge is 2.14. The molecule has 18 heavy (non-hydrogen) atoms. The number of hydrogen-bond donors (Lipinski definition) is 1. The maximum Gasteiger partial charge on any atom is 0.328 e. The predicted molar refractivity (Wildman–Crippen MR) is 77.3 cm³/mol. The second-order valence-electron chi connectivity index (χ2n) is 3.58. The Morgan fingerprint density at radius 3 is 2.56 bits per heavy atom. The third kappa shape index (κ3) is 5.41. The summed E-state index contributed by atoms with van der Waals surface area (Å²) < 4.78 is 4.91. The number of rotatable bonds is 4. The van der Waals surface area contributed by atoms with Gasteiger partial charge in [0.2, 0.25) is 0 Å². The molecule has 102 valence electrons. The highest BCUT2D eigenvalue weighted by molar-refractivity contribution is 6.30. The second kappa shape index (κ2) is 8.81. The van der Waals surface area contributed by atoms with Crippen molar-refractivity contribution in [3.63, 3.8) is 0 Å². The minimum Gasteiger partial charge on any atom is -0.464 e. The normalized spacial score (nSPS) is 11.0. The highest BCUT2D eigenvalue weighted by atomic mass is 35.5. The summed E-state index contributed by atoms with van der Waals surface area (Å²) in [6, 6.07) is 5.13. The van der Waals surface area contributed by atoms with Gasteiger partial charge in [0.05, 0.1) is 6.61 Å². The standard InChI is InChI=1S/C12H16ClNO2.C2H6/c1-4-16-12(15)9(3)14-11-6-5-10(13)7-8(11)2;1-2/h5-7,9,14H,4H2,1-3H3;1-2H3. The molecule has 0 heterocycles. The first-order valence-corrected chi connectivity index (χ1v) is 6.61. The Morgan fingerprint density at radius 2 is 2.06 bits per heavy atom. The minimum absolute atomic E-state index is 0.253. The smallest absolute Gasteiger partial charge is 0.328 e. The van der Waals surface area contributed by atoms with Crippen LogP contribution in [0.15, 0.2) is 18.2 Å². The first-order chi connectivity index (χ1) is 8.54. The first kappa shape index (κ1) is 16.8. The van der Waals surface area contributed by atoms with Crippen LogP contribution in [0.5, 0.6) is 0 Å². The molecular formula is C14H22ClNO2. The van der Waals surface area contributed by atoms with Crippen LogP contribution in [0.4, 0.5) is 5.69 Å². The fourth-order valence-corrected chi connectivity index (χ4v) is 1.58. The Labute approximate surface area is 114 Å². The van der Waals surface area contributed by atoms with Gasteiger partial charge in [-0.25, -0.2) is 4.79 Å². The molecule has 0 radical (unpaired) electrons. The number of carbonyl (C=O) groups is 1. The molecule has 1 unspecified atom stereocenters. The van der Waals surface area contributed by atoms with Gasteiger partial charge in [0.25, 0.3) is 0 Å². The number of benzene rings is 1. The van der Waals surface area contributed by atoms with Crippen LogP contribution in [0.25, 0.3) is 0 Å². The van der Waals surface area contributed by atoms with Crippen molar-refractivity contribution >= 4 is 23.3 Å². The van der Waals surface area contributed by atoms with E-state index in [1.807, 2.05) is 32.9 Å². The van der Waals surface area contributed by atoms with Crippen LogP contribution < -0.4 is 5.32 Å². The lowest BCUT2D eigenvalue weighted by Crippen LogP contribution is -2.28. The van der Waals surface area contributed by atoms with Gasteiger partial charge in [0.1, 0.15) is 6.04 Å². The summed E-state index contributed by atoms with van der Waals surface area (Å²) in [6.07, 6.45) is 0. The monoisotopic (exact) mass is 271 g/mol.